The molecule has 0 spiro atoms. The van der Waals surface area contributed by atoms with E-state index in [1.54, 1.807) is 0 Å². The second kappa shape index (κ2) is 12.0. The number of carbonyl (C=O) groups is 1. The summed E-state index contributed by atoms with van der Waals surface area (Å²) in [7, 11) is 0. The van der Waals surface area contributed by atoms with Crippen LogP contribution in [0.4, 0.5) is 14.9 Å². The summed E-state index contributed by atoms with van der Waals surface area (Å²) in [6.07, 6.45) is 5.60. The highest BCUT2D eigenvalue weighted by atomic mass is 35.5. The molecule has 148 valence electrons. The van der Waals surface area contributed by atoms with Gasteiger partial charge in [-0.25, -0.2) is 9.18 Å². The third kappa shape index (κ3) is 6.67. The SMILES string of the molecule is CCCCCN(CCCC)C(=O)N1CCN(c2ccc(F)cc2)CC1.Cl. The molecule has 26 heavy (non-hydrogen) atoms. The first kappa shape index (κ1) is 22.6. The van der Waals surface area contributed by atoms with E-state index < -0.39 is 0 Å². The molecule has 0 unspecified atom stereocenters. The molecule has 4 nitrogen and oxygen atoms in total. The van der Waals surface area contributed by atoms with Crippen LogP contribution in [0.3, 0.4) is 0 Å². The van der Waals surface area contributed by atoms with Crippen LogP contribution in [0.1, 0.15) is 46.0 Å². The first-order chi connectivity index (χ1) is 12.2. The van der Waals surface area contributed by atoms with Crippen LogP contribution in [0.15, 0.2) is 24.3 Å². The van der Waals surface area contributed by atoms with Crippen LogP contribution in [0.5, 0.6) is 0 Å². The van der Waals surface area contributed by atoms with Gasteiger partial charge in [-0.1, -0.05) is 33.1 Å². The molecule has 0 bridgehead atoms. The van der Waals surface area contributed by atoms with Gasteiger partial charge in [0.05, 0.1) is 0 Å². The van der Waals surface area contributed by atoms with Crippen LogP contribution < -0.4 is 4.90 Å². The topological polar surface area (TPSA) is 26.8 Å². The van der Waals surface area contributed by atoms with Crippen LogP contribution in [-0.4, -0.2) is 55.1 Å². The first-order valence-corrected chi connectivity index (χ1v) is 9.70. The van der Waals surface area contributed by atoms with Gasteiger partial charge < -0.3 is 14.7 Å². The highest BCUT2D eigenvalue weighted by molar-refractivity contribution is 5.85. The van der Waals surface area contributed by atoms with Gasteiger partial charge in [-0.3, -0.25) is 0 Å². The number of hydrogen-bond donors (Lipinski definition) is 0. The van der Waals surface area contributed by atoms with Gasteiger partial charge in [0, 0.05) is 45.0 Å². The molecular weight excluding hydrogens is 353 g/mol. The van der Waals surface area contributed by atoms with Crippen molar-refractivity contribution in [3.05, 3.63) is 30.1 Å². The van der Waals surface area contributed by atoms with Crippen LogP contribution in [-0.2, 0) is 0 Å². The van der Waals surface area contributed by atoms with E-state index in [-0.39, 0.29) is 24.3 Å². The second-order valence-corrected chi connectivity index (χ2v) is 6.78. The van der Waals surface area contributed by atoms with Gasteiger partial charge in [0.25, 0.3) is 0 Å². The average molecular weight is 386 g/mol. The Kier molecular flexibility index (Phi) is 10.4. The molecule has 2 rings (SSSR count). The molecule has 0 aromatic heterocycles. The molecule has 1 aliphatic heterocycles. The zero-order chi connectivity index (χ0) is 18.1. The van der Waals surface area contributed by atoms with Crippen molar-refractivity contribution in [1.82, 2.24) is 9.80 Å². The van der Waals surface area contributed by atoms with E-state index in [1.165, 1.54) is 25.0 Å². The van der Waals surface area contributed by atoms with Crippen LogP contribution in [0.2, 0.25) is 0 Å². The van der Waals surface area contributed by atoms with Crippen molar-refractivity contribution in [2.24, 2.45) is 0 Å². The monoisotopic (exact) mass is 385 g/mol. The third-order valence-corrected chi connectivity index (χ3v) is 4.83. The highest BCUT2D eigenvalue weighted by Crippen LogP contribution is 2.18. The summed E-state index contributed by atoms with van der Waals surface area (Å²) in [6.45, 7) is 9.13. The standard InChI is InChI=1S/C20H32FN3O.ClH/c1-3-5-7-13-23(12-6-4-2)20(25)24-16-14-22(15-17-24)19-10-8-18(21)9-11-19;/h8-11H,3-7,12-17H2,1-2H3;1H. The number of amides is 2. The minimum absolute atomic E-state index is 0. The molecule has 0 radical (unpaired) electrons. The fraction of sp³-hybridized carbons (Fsp3) is 0.650. The maximum absolute atomic E-state index is 13.1. The van der Waals surface area contributed by atoms with Crippen molar-refractivity contribution in [1.29, 1.82) is 0 Å². The number of unbranched alkanes of at least 4 members (excludes halogenated alkanes) is 3. The summed E-state index contributed by atoms with van der Waals surface area (Å²) in [5.41, 5.74) is 1.03. The van der Waals surface area contributed by atoms with Gasteiger partial charge in [0.15, 0.2) is 0 Å². The summed E-state index contributed by atoms with van der Waals surface area (Å²) < 4.78 is 13.1. The van der Waals surface area contributed by atoms with Crippen molar-refractivity contribution in [3.8, 4) is 0 Å². The second-order valence-electron chi connectivity index (χ2n) is 6.78. The fourth-order valence-electron chi connectivity index (χ4n) is 3.21. The van der Waals surface area contributed by atoms with Crippen molar-refractivity contribution in [2.75, 3.05) is 44.2 Å². The lowest BCUT2D eigenvalue weighted by Gasteiger charge is -2.38. The summed E-state index contributed by atoms with van der Waals surface area (Å²) in [4.78, 5) is 19.1. The fourth-order valence-corrected chi connectivity index (χ4v) is 3.21. The number of nitrogens with zero attached hydrogens (tertiary/aromatic N) is 3. The van der Waals surface area contributed by atoms with E-state index in [1.807, 2.05) is 21.9 Å². The van der Waals surface area contributed by atoms with Crippen molar-refractivity contribution < 1.29 is 9.18 Å². The first-order valence-electron chi connectivity index (χ1n) is 9.70. The largest absolute Gasteiger partial charge is 0.368 e. The third-order valence-electron chi connectivity index (χ3n) is 4.83. The molecule has 1 heterocycles. The van der Waals surface area contributed by atoms with Gasteiger partial charge in [0.1, 0.15) is 5.82 Å². The van der Waals surface area contributed by atoms with Gasteiger partial charge in [0.2, 0.25) is 0 Å². The minimum atomic E-state index is -0.212. The Morgan fingerprint density at radius 2 is 1.54 bits per heavy atom. The Morgan fingerprint density at radius 1 is 0.962 bits per heavy atom. The zero-order valence-electron chi connectivity index (χ0n) is 16.1. The Labute approximate surface area is 163 Å². The molecule has 1 fully saturated rings. The number of rotatable bonds is 8. The average Bonchev–Trinajstić information content (AvgIpc) is 2.65. The minimum Gasteiger partial charge on any atom is -0.368 e. The number of halogens is 2. The molecule has 0 aliphatic carbocycles. The molecule has 2 amide bonds. The molecular formula is C20H33ClFN3O. The Bertz CT molecular complexity index is 518. The number of hydrogen-bond acceptors (Lipinski definition) is 2. The van der Waals surface area contributed by atoms with Gasteiger partial charge in [-0.15, -0.1) is 12.4 Å². The molecule has 6 heteroatoms. The van der Waals surface area contributed by atoms with Crippen LogP contribution in [0.25, 0.3) is 0 Å². The summed E-state index contributed by atoms with van der Waals surface area (Å²) in [5.74, 6) is -0.212. The predicted molar refractivity (Wildman–Crippen MR) is 109 cm³/mol. The maximum atomic E-state index is 13.1. The van der Waals surface area contributed by atoms with Crippen molar-refractivity contribution >= 4 is 24.1 Å². The summed E-state index contributed by atoms with van der Waals surface area (Å²) >= 11 is 0. The molecule has 1 aromatic rings. The molecule has 0 saturated carbocycles. The number of piperazine rings is 1. The lowest BCUT2D eigenvalue weighted by atomic mass is 10.2. The predicted octanol–water partition coefficient (Wildman–Crippen LogP) is 4.78. The van der Waals surface area contributed by atoms with E-state index in [9.17, 15) is 9.18 Å². The van der Waals surface area contributed by atoms with Crippen molar-refractivity contribution in [3.63, 3.8) is 0 Å². The van der Waals surface area contributed by atoms with E-state index in [0.29, 0.717) is 0 Å². The van der Waals surface area contributed by atoms with E-state index in [4.69, 9.17) is 0 Å². The lowest BCUT2D eigenvalue weighted by molar-refractivity contribution is 0.148. The quantitative estimate of drug-likeness (QED) is 0.602. The summed E-state index contributed by atoms with van der Waals surface area (Å²) in [5, 5.41) is 0. The van der Waals surface area contributed by atoms with Gasteiger partial charge in [-0.2, -0.15) is 0 Å². The van der Waals surface area contributed by atoms with Crippen LogP contribution >= 0.6 is 12.4 Å². The van der Waals surface area contributed by atoms with E-state index in [2.05, 4.69) is 18.7 Å². The van der Waals surface area contributed by atoms with Crippen LogP contribution in [0, 0.1) is 5.82 Å². The number of benzene rings is 1. The smallest absolute Gasteiger partial charge is 0.320 e. The Hall–Kier alpha value is -1.49. The highest BCUT2D eigenvalue weighted by Gasteiger charge is 2.25. The zero-order valence-corrected chi connectivity index (χ0v) is 16.9. The molecule has 1 aliphatic rings. The Balaban J connectivity index is 0.00000338. The number of urea groups is 1. The number of anilines is 1. The number of carbonyl (C=O) groups excluding carboxylic acids is 1. The van der Waals surface area contributed by atoms with E-state index >= 15 is 0 Å². The van der Waals surface area contributed by atoms with Gasteiger partial charge in [-0.05, 0) is 37.1 Å². The van der Waals surface area contributed by atoms with E-state index in [0.717, 1.165) is 64.2 Å². The molecule has 0 atom stereocenters. The summed E-state index contributed by atoms with van der Waals surface area (Å²) in [6, 6.07) is 6.79. The van der Waals surface area contributed by atoms with Crippen molar-refractivity contribution in [2.45, 2.75) is 46.0 Å². The molecule has 1 saturated heterocycles. The van der Waals surface area contributed by atoms with Gasteiger partial charge >= 0.3 is 6.03 Å². The maximum Gasteiger partial charge on any atom is 0.320 e. The molecule has 1 aromatic carbocycles. The lowest BCUT2D eigenvalue weighted by Crippen LogP contribution is -2.53. The molecule has 0 N–H and O–H groups in total. The normalized spacial score (nSPS) is 14.1. The Morgan fingerprint density at radius 3 is 2.12 bits per heavy atom.